The van der Waals surface area contributed by atoms with Crippen LogP contribution in [0.15, 0.2) is 158 Å². The highest BCUT2D eigenvalue weighted by Crippen LogP contribution is 2.49. The summed E-state index contributed by atoms with van der Waals surface area (Å²) in [6, 6.07) is 56.4. The standard InChI is InChI=1S/C42H26N2O/c1-4-20-36-32(15-1)33-16-2-5-21-37(33)43(36)30-14-8-12-28(26-30)27-11-7-13-29(25-27)31-18-9-23-39-42(31)45-40-24-10-19-35-34-17-3-6-22-38(34)44(39)41(35)40/h1-26H. The van der Waals surface area contributed by atoms with E-state index < -0.39 is 0 Å². The fourth-order valence-corrected chi connectivity index (χ4v) is 7.36. The van der Waals surface area contributed by atoms with Crippen molar-refractivity contribution in [1.82, 2.24) is 9.13 Å². The number of fused-ring (bicyclic) bond motifs is 8. The molecule has 0 atom stereocenters. The molecular formula is C42H26N2O. The highest BCUT2D eigenvalue weighted by atomic mass is 16.5. The summed E-state index contributed by atoms with van der Waals surface area (Å²) in [6.07, 6.45) is 0. The van der Waals surface area contributed by atoms with Crippen molar-refractivity contribution in [3.05, 3.63) is 158 Å². The lowest BCUT2D eigenvalue weighted by Crippen LogP contribution is -2.05. The normalized spacial score (nSPS) is 12.2. The van der Waals surface area contributed by atoms with Gasteiger partial charge in [-0.15, -0.1) is 0 Å². The molecule has 3 heteroatoms. The van der Waals surface area contributed by atoms with E-state index in [1.54, 1.807) is 0 Å². The Morgan fingerprint density at radius 1 is 0.400 bits per heavy atom. The molecule has 0 saturated carbocycles. The molecule has 0 amide bonds. The average Bonchev–Trinajstić information content (AvgIpc) is 3.63. The second-order valence-electron chi connectivity index (χ2n) is 11.8. The molecular weight excluding hydrogens is 548 g/mol. The molecule has 0 radical (unpaired) electrons. The average molecular weight is 575 g/mol. The van der Waals surface area contributed by atoms with Crippen LogP contribution in [0.1, 0.15) is 0 Å². The topological polar surface area (TPSA) is 19.1 Å². The van der Waals surface area contributed by atoms with Crippen molar-refractivity contribution in [3.8, 4) is 45.1 Å². The Kier molecular flexibility index (Phi) is 5.00. The van der Waals surface area contributed by atoms with Gasteiger partial charge in [-0.1, -0.05) is 109 Å². The summed E-state index contributed by atoms with van der Waals surface area (Å²) in [6.45, 7) is 0. The Balaban J connectivity index is 1.12. The molecule has 3 heterocycles. The first-order chi connectivity index (χ1) is 22.3. The van der Waals surface area contributed by atoms with Crippen molar-refractivity contribution in [2.45, 2.75) is 0 Å². The molecule has 10 rings (SSSR count). The highest BCUT2D eigenvalue weighted by molar-refractivity contribution is 6.12. The Hall–Kier alpha value is -6.06. The third-order valence-electron chi connectivity index (χ3n) is 9.30. The van der Waals surface area contributed by atoms with E-state index in [9.17, 15) is 0 Å². The van der Waals surface area contributed by atoms with Crippen LogP contribution in [-0.2, 0) is 0 Å². The van der Waals surface area contributed by atoms with Crippen LogP contribution >= 0.6 is 0 Å². The molecule has 0 spiro atoms. The highest BCUT2D eigenvalue weighted by Gasteiger charge is 2.25. The third kappa shape index (κ3) is 3.46. The van der Waals surface area contributed by atoms with Gasteiger partial charge < -0.3 is 13.9 Å². The Morgan fingerprint density at radius 2 is 0.956 bits per heavy atom. The summed E-state index contributed by atoms with van der Waals surface area (Å²) in [4.78, 5) is 0. The van der Waals surface area contributed by atoms with E-state index in [4.69, 9.17) is 4.74 Å². The van der Waals surface area contributed by atoms with E-state index in [2.05, 4.69) is 167 Å². The lowest BCUT2D eigenvalue weighted by atomic mass is 9.97. The van der Waals surface area contributed by atoms with Gasteiger partial charge in [0.15, 0.2) is 11.5 Å². The number of benzene rings is 7. The molecule has 1 aliphatic heterocycles. The SMILES string of the molecule is c1cc(-c2cccc(-n3c4ccccc4c4ccccc43)c2)cc(-c2cccc3c2Oc2cccc4c5ccccc5n-3c24)c1. The Morgan fingerprint density at radius 3 is 1.71 bits per heavy atom. The van der Waals surface area contributed by atoms with Crippen LogP contribution < -0.4 is 4.74 Å². The first-order valence-corrected chi connectivity index (χ1v) is 15.4. The zero-order valence-corrected chi connectivity index (χ0v) is 24.3. The van der Waals surface area contributed by atoms with Crippen LogP contribution in [0.4, 0.5) is 0 Å². The van der Waals surface area contributed by atoms with E-state index in [1.165, 1.54) is 43.7 Å². The molecule has 9 aromatic rings. The molecule has 7 aromatic carbocycles. The van der Waals surface area contributed by atoms with Crippen molar-refractivity contribution < 1.29 is 4.74 Å². The molecule has 0 unspecified atom stereocenters. The number of aromatic nitrogens is 2. The number of hydrogen-bond acceptors (Lipinski definition) is 1. The molecule has 3 nitrogen and oxygen atoms in total. The molecule has 0 bridgehead atoms. The minimum Gasteiger partial charge on any atom is -0.452 e. The van der Waals surface area contributed by atoms with Gasteiger partial charge in [0.25, 0.3) is 0 Å². The molecule has 0 saturated heterocycles. The minimum atomic E-state index is 0.884. The van der Waals surface area contributed by atoms with Crippen molar-refractivity contribution in [2.24, 2.45) is 0 Å². The van der Waals surface area contributed by atoms with E-state index in [1.807, 2.05) is 0 Å². The van der Waals surface area contributed by atoms with Crippen LogP contribution in [0.25, 0.3) is 77.2 Å². The van der Waals surface area contributed by atoms with Crippen molar-refractivity contribution in [1.29, 1.82) is 0 Å². The maximum atomic E-state index is 6.74. The van der Waals surface area contributed by atoms with Gasteiger partial charge in [-0.3, -0.25) is 0 Å². The zero-order valence-electron chi connectivity index (χ0n) is 24.3. The predicted molar refractivity (Wildman–Crippen MR) is 186 cm³/mol. The van der Waals surface area contributed by atoms with Crippen LogP contribution in [0.5, 0.6) is 11.5 Å². The minimum absolute atomic E-state index is 0.884. The monoisotopic (exact) mass is 574 g/mol. The molecule has 2 aromatic heterocycles. The van der Waals surface area contributed by atoms with Crippen LogP contribution in [0.2, 0.25) is 0 Å². The predicted octanol–water partition coefficient (Wildman–Crippen LogP) is 11.3. The van der Waals surface area contributed by atoms with E-state index >= 15 is 0 Å². The first-order valence-electron chi connectivity index (χ1n) is 15.4. The number of rotatable bonds is 3. The number of hydrogen-bond donors (Lipinski definition) is 0. The summed E-state index contributed by atoms with van der Waals surface area (Å²) in [7, 11) is 0. The second-order valence-corrected chi connectivity index (χ2v) is 11.8. The first kappa shape index (κ1) is 24.4. The molecule has 0 aliphatic carbocycles. The van der Waals surface area contributed by atoms with Crippen LogP contribution in [0, 0.1) is 0 Å². The summed E-state index contributed by atoms with van der Waals surface area (Å²) in [5, 5.41) is 4.98. The van der Waals surface area contributed by atoms with Crippen molar-refractivity contribution in [2.75, 3.05) is 0 Å². The van der Waals surface area contributed by atoms with Gasteiger partial charge >= 0.3 is 0 Å². The molecule has 0 fully saturated rings. The summed E-state index contributed by atoms with van der Waals surface area (Å²) < 4.78 is 11.5. The summed E-state index contributed by atoms with van der Waals surface area (Å²) >= 11 is 0. The van der Waals surface area contributed by atoms with E-state index in [0.29, 0.717) is 0 Å². The fourth-order valence-electron chi connectivity index (χ4n) is 7.36. The van der Waals surface area contributed by atoms with Gasteiger partial charge in [-0.2, -0.15) is 0 Å². The Bertz CT molecular complexity index is 2580. The number of nitrogens with zero attached hydrogens (tertiary/aromatic N) is 2. The van der Waals surface area contributed by atoms with Gasteiger partial charge in [0, 0.05) is 32.8 Å². The van der Waals surface area contributed by atoms with E-state index in [-0.39, 0.29) is 0 Å². The lowest BCUT2D eigenvalue weighted by molar-refractivity contribution is 0.478. The largest absolute Gasteiger partial charge is 0.452 e. The summed E-state index contributed by atoms with van der Waals surface area (Å²) in [5.74, 6) is 1.77. The molecule has 0 N–H and O–H groups in total. The van der Waals surface area contributed by atoms with Crippen molar-refractivity contribution in [3.63, 3.8) is 0 Å². The van der Waals surface area contributed by atoms with Gasteiger partial charge in [0.05, 0.1) is 27.8 Å². The smallest absolute Gasteiger partial charge is 0.159 e. The summed E-state index contributed by atoms with van der Waals surface area (Å²) in [5.41, 5.74) is 11.5. The Labute approximate surface area is 259 Å². The number of para-hydroxylation sites is 5. The molecule has 45 heavy (non-hydrogen) atoms. The maximum Gasteiger partial charge on any atom is 0.159 e. The van der Waals surface area contributed by atoms with Gasteiger partial charge in [-0.05, 0) is 65.2 Å². The quantitative estimate of drug-likeness (QED) is 0.205. The van der Waals surface area contributed by atoms with E-state index in [0.717, 1.165) is 45.1 Å². The molecule has 1 aliphatic rings. The van der Waals surface area contributed by atoms with Crippen LogP contribution in [0.3, 0.4) is 0 Å². The maximum absolute atomic E-state index is 6.74. The van der Waals surface area contributed by atoms with Gasteiger partial charge in [-0.25, -0.2) is 0 Å². The van der Waals surface area contributed by atoms with Crippen molar-refractivity contribution >= 4 is 43.6 Å². The van der Waals surface area contributed by atoms with Gasteiger partial charge in [0.1, 0.15) is 0 Å². The molecule has 210 valence electrons. The third-order valence-corrected chi connectivity index (χ3v) is 9.30. The second kappa shape index (κ2) is 9.22. The number of ether oxygens (including phenoxy) is 1. The van der Waals surface area contributed by atoms with Gasteiger partial charge in [0.2, 0.25) is 0 Å². The van der Waals surface area contributed by atoms with Crippen LogP contribution in [-0.4, -0.2) is 9.13 Å². The fraction of sp³-hybridized carbons (Fsp3) is 0. The zero-order chi connectivity index (χ0) is 29.5. The lowest BCUT2D eigenvalue weighted by Gasteiger charge is -2.23.